The molecule has 0 heterocycles. The van der Waals surface area contributed by atoms with Crippen molar-refractivity contribution in [3.63, 3.8) is 0 Å². The van der Waals surface area contributed by atoms with Crippen LogP contribution in [0, 0.1) is 23.2 Å². The average molecular weight is 245 g/mol. The maximum atomic E-state index is 9.25. The highest BCUT2D eigenvalue weighted by atomic mass is 16.5. The van der Waals surface area contributed by atoms with Gasteiger partial charge in [0.15, 0.2) is 0 Å². The summed E-state index contributed by atoms with van der Waals surface area (Å²) in [6, 6.07) is 10.3. The standard InChI is InChI=1S/C16H23NO/c1-5-13(4)16(10-17)14-6-8-15(9-7-14)18-11-12(2)3/h6-9,12-13,16H,5,11H2,1-4H3. The minimum absolute atomic E-state index is 0.0193. The quantitative estimate of drug-likeness (QED) is 0.745. The second kappa shape index (κ2) is 7.06. The summed E-state index contributed by atoms with van der Waals surface area (Å²) < 4.78 is 5.64. The van der Waals surface area contributed by atoms with Gasteiger partial charge in [0.25, 0.3) is 0 Å². The van der Waals surface area contributed by atoms with Gasteiger partial charge in [0.2, 0.25) is 0 Å². The Morgan fingerprint density at radius 1 is 1.17 bits per heavy atom. The zero-order valence-electron chi connectivity index (χ0n) is 11.8. The van der Waals surface area contributed by atoms with E-state index in [4.69, 9.17) is 4.74 Å². The van der Waals surface area contributed by atoms with Gasteiger partial charge in [0.05, 0.1) is 18.6 Å². The molecule has 1 aromatic rings. The molecule has 2 heteroatoms. The first-order valence-electron chi connectivity index (χ1n) is 6.70. The van der Waals surface area contributed by atoms with Crippen molar-refractivity contribution >= 4 is 0 Å². The summed E-state index contributed by atoms with van der Waals surface area (Å²) in [7, 11) is 0. The monoisotopic (exact) mass is 245 g/mol. The van der Waals surface area contributed by atoms with Crippen LogP contribution in [0.15, 0.2) is 24.3 Å². The van der Waals surface area contributed by atoms with Crippen molar-refractivity contribution in [3.8, 4) is 11.8 Å². The highest BCUT2D eigenvalue weighted by molar-refractivity contribution is 5.32. The minimum Gasteiger partial charge on any atom is -0.493 e. The van der Waals surface area contributed by atoms with E-state index in [1.54, 1.807) is 0 Å². The number of nitrogens with zero attached hydrogens (tertiary/aromatic N) is 1. The van der Waals surface area contributed by atoms with E-state index in [9.17, 15) is 5.26 Å². The molecule has 0 N–H and O–H groups in total. The molecule has 0 spiro atoms. The smallest absolute Gasteiger partial charge is 0.119 e. The first-order chi connectivity index (χ1) is 8.58. The van der Waals surface area contributed by atoms with Crippen molar-refractivity contribution < 1.29 is 4.74 Å². The Labute approximate surface area is 111 Å². The Morgan fingerprint density at radius 3 is 2.22 bits per heavy atom. The number of hydrogen-bond donors (Lipinski definition) is 0. The van der Waals surface area contributed by atoms with E-state index in [-0.39, 0.29) is 5.92 Å². The Balaban J connectivity index is 2.72. The zero-order chi connectivity index (χ0) is 13.5. The van der Waals surface area contributed by atoms with Crippen LogP contribution in [0.5, 0.6) is 5.75 Å². The second-order valence-electron chi connectivity index (χ2n) is 5.27. The molecule has 98 valence electrons. The molecule has 0 saturated carbocycles. The van der Waals surface area contributed by atoms with Crippen LogP contribution < -0.4 is 4.74 Å². The van der Waals surface area contributed by atoms with E-state index in [1.165, 1.54) is 0 Å². The van der Waals surface area contributed by atoms with Gasteiger partial charge in [-0.25, -0.2) is 0 Å². The van der Waals surface area contributed by atoms with Crippen LogP contribution in [-0.4, -0.2) is 6.61 Å². The summed E-state index contributed by atoms with van der Waals surface area (Å²) in [5.41, 5.74) is 1.09. The van der Waals surface area contributed by atoms with E-state index in [1.807, 2.05) is 24.3 Å². The number of rotatable bonds is 6. The lowest BCUT2D eigenvalue weighted by Crippen LogP contribution is -2.07. The Morgan fingerprint density at radius 2 is 1.78 bits per heavy atom. The molecule has 0 amide bonds. The van der Waals surface area contributed by atoms with E-state index in [2.05, 4.69) is 33.8 Å². The molecule has 2 nitrogen and oxygen atoms in total. The lowest BCUT2D eigenvalue weighted by Gasteiger charge is -2.16. The molecular weight excluding hydrogens is 222 g/mol. The Kier molecular flexibility index (Phi) is 5.71. The number of nitriles is 1. The molecule has 0 radical (unpaired) electrons. The van der Waals surface area contributed by atoms with E-state index >= 15 is 0 Å². The van der Waals surface area contributed by atoms with Crippen molar-refractivity contribution in [2.24, 2.45) is 11.8 Å². The van der Waals surface area contributed by atoms with Crippen LogP contribution in [0.25, 0.3) is 0 Å². The van der Waals surface area contributed by atoms with Crippen LogP contribution in [0.4, 0.5) is 0 Å². The van der Waals surface area contributed by atoms with Crippen molar-refractivity contribution in [2.45, 2.75) is 40.0 Å². The van der Waals surface area contributed by atoms with E-state index in [0.29, 0.717) is 11.8 Å². The van der Waals surface area contributed by atoms with Crippen molar-refractivity contribution in [1.29, 1.82) is 5.26 Å². The third-order valence-electron chi connectivity index (χ3n) is 3.17. The zero-order valence-corrected chi connectivity index (χ0v) is 11.8. The number of ether oxygens (including phenoxy) is 1. The van der Waals surface area contributed by atoms with Crippen LogP contribution in [-0.2, 0) is 0 Å². The van der Waals surface area contributed by atoms with Gasteiger partial charge in [0.1, 0.15) is 5.75 Å². The molecule has 0 fully saturated rings. The van der Waals surface area contributed by atoms with Gasteiger partial charge in [-0.2, -0.15) is 5.26 Å². The van der Waals surface area contributed by atoms with Crippen LogP contribution in [0.2, 0.25) is 0 Å². The summed E-state index contributed by atoms with van der Waals surface area (Å²) in [6.07, 6.45) is 1.02. The summed E-state index contributed by atoms with van der Waals surface area (Å²) in [6.45, 7) is 9.23. The van der Waals surface area contributed by atoms with Gasteiger partial charge in [-0.15, -0.1) is 0 Å². The molecule has 0 bridgehead atoms. The fourth-order valence-electron chi connectivity index (χ4n) is 1.80. The second-order valence-corrected chi connectivity index (χ2v) is 5.27. The SMILES string of the molecule is CCC(C)C(C#N)c1ccc(OCC(C)C)cc1. The van der Waals surface area contributed by atoms with Gasteiger partial charge in [-0.1, -0.05) is 46.2 Å². The molecule has 1 aromatic carbocycles. The highest BCUT2D eigenvalue weighted by Gasteiger charge is 2.17. The molecule has 2 atom stereocenters. The van der Waals surface area contributed by atoms with E-state index < -0.39 is 0 Å². The van der Waals surface area contributed by atoms with Crippen LogP contribution >= 0.6 is 0 Å². The molecule has 0 saturated heterocycles. The predicted octanol–water partition coefficient (Wildman–Crippen LogP) is 4.37. The molecule has 18 heavy (non-hydrogen) atoms. The first-order valence-corrected chi connectivity index (χ1v) is 6.70. The van der Waals surface area contributed by atoms with Gasteiger partial charge in [-0.05, 0) is 29.5 Å². The van der Waals surface area contributed by atoms with Crippen molar-refractivity contribution in [1.82, 2.24) is 0 Å². The molecule has 2 unspecified atom stereocenters. The predicted molar refractivity (Wildman–Crippen MR) is 74.6 cm³/mol. The molecule has 1 rings (SSSR count). The molecule has 0 aromatic heterocycles. The average Bonchev–Trinajstić information content (AvgIpc) is 2.38. The van der Waals surface area contributed by atoms with Gasteiger partial charge < -0.3 is 4.74 Å². The summed E-state index contributed by atoms with van der Waals surface area (Å²) in [5.74, 6) is 1.77. The normalized spacial score (nSPS) is 14.0. The fourth-order valence-corrected chi connectivity index (χ4v) is 1.80. The topological polar surface area (TPSA) is 33.0 Å². The van der Waals surface area contributed by atoms with Gasteiger partial charge >= 0.3 is 0 Å². The molecule has 0 aliphatic heterocycles. The van der Waals surface area contributed by atoms with Crippen LogP contribution in [0.3, 0.4) is 0 Å². The maximum absolute atomic E-state index is 9.25. The Hall–Kier alpha value is -1.49. The lowest BCUT2D eigenvalue weighted by molar-refractivity contribution is 0.271. The fraction of sp³-hybridized carbons (Fsp3) is 0.562. The third kappa shape index (κ3) is 4.07. The Bertz CT molecular complexity index is 389. The summed E-state index contributed by atoms with van der Waals surface area (Å²) >= 11 is 0. The largest absolute Gasteiger partial charge is 0.493 e. The summed E-state index contributed by atoms with van der Waals surface area (Å²) in [5, 5.41) is 9.25. The number of hydrogen-bond acceptors (Lipinski definition) is 2. The van der Waals surface area contributed by atoms with E-state index in [0.717, 1.165) is 24.3 Å². The summed E-state index contributed by atoms with van der Waals surface area (Å²) in [4.78, 5) is 0. The van der Waals surface area contributed by atoms with Crippen LogP contribution in [0.1, 0.15) is 45.6 Å². The highest BCUT2D eigenvalue weighted by Crippen LogP contribution is 2.27. The molecule has 0 aliphatic rings. The number of benzene rings is 1. The van der Waals surface area contributed by atoms with Crippen molar-refractivity contribution in [2.75, 3.05) is 6.61 Å². The van der Waals surface area contributed by atoms with Gasteiger partial charge in [-0.3, -0.25) is 0 Å². The minimum atomic E-state index is -0.0193. The van der Waals surface area contributed by atoms with Crippen molar-refractivity contribution in [3.05, 3.63) is 29.8 Å². The van der Waals surface area contributed by atoms with Gasteiger partial charge in [0, 0.05) is 0 Å². The molecule has 0 aliphatic carbocycles. The molecular formula is C16H23NO. The maximum Gasteiger partial charge on any atom is 0.119 e. The lowest BCUT2D eigenvalue weighted by atomic mass is 9.87. The third-order valence-corrected chi connectivity index (χ3v) is 3.17. The first kappa shape index (κ1) is 14.6.